The third-order valence-electron chi connectivity index (χ3n) is 0.693. The van der Waals surface area contributed by atoms with Crippen LogP contribution in [0.25, 0.3) is 0 Å². The minimum atomic E-state index is -4.20. The molecule has 0 aliphatic rings. The van der Waals surface area contributed by atoms with Gasteiger partial charge in [0.05, 0.1) is 0 Å². The van der Waals surface area contributed by atoms with Crippen LogP contribution < -0.4 is 0 Å². The van der Waals surface area contributed by atoms with E-state index in [1.54, 1.807) is 0 Å². The van der Waals surface area contributed by atoms with Crippen LogP contribution >= 0.6 is 0 Å². The third-order valence-corrected chi connectivity index (χ3v) is 1.71. The van der Waals surface area contributed by atoms with E-state index in [4.69, 9.17) is 9.66 Å². The number of hydrogen-bond acceptors (Lipinski definition) is 3. The maximum absolute atomic E-state index is 9.87. The van der Waals surface area contributed by atoms with Gasteiger partial charge >= 0.3 is 0 Å². The summed E-state index contributed by atoms with van der Waals surface area (Å²) < 4.78 is 27.7. The molecule has 52 valence electrons. The molecule has 0 fully saturated rings. The van der Waals surface area contributed by atoms with E-state index in [1.807, 2.05) is 0 Å². The molecule has 0 aromatic heterocycles. The van der Waals surface area contributed by atoms with E-state index < -0.39 is 15.6 Å². The van der Waals surface area contributed by atoms with Crippen LogP contribution in [0.5, 0.6) is 0 Å². The van der Waals surface area contributed by atoms with Gasteiger partial charge in [0.2, 0.25) is 0 Å². The molecule has 0 rings (SSSR count). The maximum Gasteiger partial charge on any atom is 0.291 e. The van der Waals surface area contributed by atoms with E-state index in [0.717, 1.165) is 0 Å². The minimum Gasteiger partial charge on any atom is -0.375 e. The van der Waals surface area contributed by atoms with Gasteiger partial charge in [0.15, 0.2) is 5.44 Å². The summed E-state index contributed by atoms with van der Waals surface area (Å²) in [5, 5.41) is 8.36. The second-order valence-electron chi connectivity index (χ2n) is 1.38. The van der Waals surface area contributed by atoms with Gasteiger partial charge in [0.1, 0.15) is 0 Å². The Bertz CT molecular complexity index is 151. The molecule has 0 spiro atoms. The summed E-state index contributed by atoms with van der Waals surface area (Å²) in [6.07, 6.45) is 0.0127. The van der Waals surface area contributed by atoms with Crippen LogP contribution in [0.4, 0.5) is 0 Å². The first-order valence-electron chi connectivity index (χ1n) is 2.13. The van der Waals surface area contributed by atoms with Crippen molar-refractivity contribution < 1.29 is 18.1 Å². The predicted octanol–water partition coefficient (Wildman–Crippen LogP) is -0.778. The number of hydrogen-bond donors (Lipinski definition) is 2. The van der Waals surface area contributed by atoms with E-state index in [-0.39, 0.29) is 44.2 Å². The molecule has 0 aromatic carbocycles. The summed E-state index contributed by atoms with van der Waals surface area (Å²) in [6, 6.07) is 0. The molecule has 0 saturated heterocycles. The Balaban J connectivity index is 0. The molecule has 0 saturated carbocycles. The monoisotopic (exact) mass is 180 g/mol. The second-order valence-corrected chi connectivity index (χ2v) is 2.95. The average Bonchev–Trinajstić information content (AvgIpc) is 1.62. The molecule has 0 aliphatic heterocycles. The number of aliphatic hydroxyl groups is 1. The van der Waals surface area contributed by atoms with Crippen LogP contribution in [-0.4, -0.2) is 61.3 Å². The van der Waals surface area contributed by atoms with Gasteiger partial charge < -0.3 is 5.11 Å². The standard InChI is InChI=1S/C3H8O4S.Ca/c1-2-3(4)8(5,6)7;/h3-4H,2H2,1H3,(H,5,6,7);. The van der Waals surface area contributed by atoms with Gasteiger partial charge in [-0.15, -0.1) is 0 Å². The predicted molar refractivity (Wildman–Crippen MR) is 33.6 cm³/mol. The van der Waals surface area contributed by atoms with Crippen LogP contribution in [0.2, 0.25) is 0 Å². The first-order valence-corrected chi connectivity index (χ1v) is 3.63. The zero-order valence-electron chi connectivity index (χ0n) is 5.11. The van der Waals surface area contributed by atoms with E-state index in [2.05, 4.69) is 0 Å². The molecule has 0 aliphatic carbocycles. The van der Waals surface area contributed by atoms with Gasteiger partial charge in [-0.3, -0.25) is 4.55 Å². The summed E-state index contributed by atoms with van der Waals surface area (Å²) >= 11 is 0. The van der Waals surface area contributed by atoms with Crippen molar-refractivity contribution in [1.82, 2.24) is 0 Å². The average molecular weight is 180 g/mol. The van der Waals surface area contributed by atoms with Gasteiger partial charge in [-0.2, -0.15) is 8.42 Å². The SMILES string of the molecule is CCC(O)S(=O)(=O)O.[Ca]. The fourth-order valence-corrected chi connectivity index (χ4v) is 0.632. The van der Waals surface area contributed by atoms with Crippen molar-refractivity contribution in [2.45, 2.75) is 18.8 Å². The molecular weight excluding hydrogens is 172 g/mol. The van der Waals surface area contributed by atoms with Gasteiger partial charge in [-0.25, -0.2) is 0 Å². The smallest absolute Gasteiger partial charge is 0.291 e. The molecule has 4 nitrogen and oxygen atoms in total. The van der Waals surface area contributed by atoms with Gasteiger partial charge in [-0.1, -0.05) is 6.92 Å². The molecule has 9 heavy (non-hydrogen) atoms. The Hall–Kier alpha value is 1.13. The molecule has 0 bridgehead atoms. The van der Waals surface area contributed by atoms with Crippen molar-refractivity contribution in [1.29, 1.82) is 0 Å². The molecule has 0 heterocycles. The molecule has 1 atom stereocenters. The number of aliphatic hydroxyl groups excluding tert-OH is 1. The van der Waals surface area contributed by atoms with E-state index in [9.17, 15) is 8.42 Å². The number of rotatable bonds is 2. The summed E-state index contributed by atoms with van der Waals surface area (Å²) in [4.78, 5) is 0. The van der Waals surface area contributed by atoms with Crippen LogP contribution in [0.1, 0.15) is 13.3 Å². The maximum atomic E-state index is 9.87. The summed E-state index contributed by atoms with van der Waals surface area (Å²) in [6.45, 7) is 1.46. The quantitative estimate of drug-likeness (QED) is 0.432. The first kappa shape index (κ1) is 12.8. The normalized spacial score (nSPS) is 14.1. The Kier molecular flexibility index (Phi) is 6.91. The van der Waals surface area contributed by atoms with Gasteiger partial charge in [-0.05, 0) is 6.42 Å². The fourth-order valence-electron chi connectivity index (χ4n) is 0.211. The van der Waals surface area contributed by atoms with Crippen molar-refractivity contribution in [2.24, 2.45) is 0 Å². The van der Waals surface area contributed by atoms with Gasteiger partial charge in [0, 0.05) is 37.7 Å². The summed E-state index contributed by atoms with van der Waals surface area (Å²) in [7, 11) is -4.20. The van der Waals surface area contributed by atoms with Crippen molar-refractivity contribution in [2.75, 3.05) is 0 Å². The Morgan fingerprint density at radius 3 is 1.89 bits per heavy atom. The minimum absolute atomic E-state index is 0. The van der Waals surface area contributed by atoms with Crippen molar-refractivity contribution >= 4 is 47.9 Å². The van der Waals surface area contributed by atoms with Crippen molar-refractivity contribution in [3.05, 3.63) is 0 Å². The van der Waals surface area contributed by atoms with E-state index in [0.29, 0.717) is 0 Å². The Morgan fingerprint density at radius 2 is 1.89 bits per heavy atom. The third kappa shape index (κ3) is 5.57. The van der Waals surface area contributed by atoms with Crippen LogP contribution in [-0.2, 0) is 10.1 Å². The van der Waals surface area contributed by atoms with Crippen molar-refractivity contribution in [3.63, 3.8) is 0 Å². The molecule has 6 heteroatoms. The molecule has 2 radical (unpaired) electrons. The largest absolute Gasteiger partial charge is 0.375 e. The van der Waals surface area contributed by atoms with Gasteiger partial charge in [0.25, 0.3) is 10.1 Å². The molecule has 0 aromatic rings. The van der Waals surface area contributed by atoms with Crippen LogP contribution in [0.3, 0.4) is 0 Å². The summed E-state index contributed by atoms with van der Waals surface area (Å²) in [5.74, 6) is 0. The molecule has 1 unspecified atom stereocenters. The fraction of sp³-hybridized carbons (Fsp3) is 1.00. The summed E-state index contributed by atoms with van der Waals surface area (Å²) in [5.41, 5.74) is -1.62. The topological polar surface area (TPSA) is 74.6 Å². The van der Waals surface area contributed by atoms with Crippen LogP contribution in [0, 0.1) is 0 Å². The second kappa shape index (κ2) is 4.87. The van der Waals surface area contributed by atoms with Crippen molar-refractivity contribution in [3.8, 4) is 0 Å². The zero-order chi connectivity index (χ0) is 6.78. The van der Waals surface area contributed by atoms with E-state index in [1.165, 1.54) is 6.92 Å². The molecule has 0 amide bonds. The van der Waals surface area contributed by atoms with E-state index >= 15 is 0 Å². The Labute approximate surface area is 84.0 Å². The first-order chi connectivity index (χ1) is 3.48. The molecular formula is C3H8CaO4S. The Morgan fingerprint density at radius 1 is 1.56 bits per heavy atom. The van der Waals surface area contributed by atoms with Crippen LogP contribution in [0.15, 0.2) is 0 Å². The zero-order valence-corrected chi connectivity index (χ0v) is 8.14. The molecule has 2 N–H and O–H groups in total.